The summed E-state index contributed by atoms with van der Waals surface area (Å²) in [6, 6.07) is 16.9. The Balaban J connectivity index is 1.57. The van der Waals surface area contributed by atoms with Gasteiger partial charge in [-0.05, 0) is 24.1 Å². The first kappa shape index (κ1) is 24.1. The number of aromatic nitrogens is 2. The molecule has 0 aliphatic carbocycles. The third-order valence-corrected chi connectivity index (χ3v) is 5.04. The Morgan fingerprint density at radius 1 is 1.12 bits per heavy atom. The van der Waals surface area contributed by atoms with Gasteiger partial charge in [0.2, 0.25) is 5.78 Å². The molecule has 7 heteroatoms. The summed E-state index contributed by atoms with van der Waals surface area (Å²) >= 11 is 0. The Labute approximate surface area is 193 Å². The third kappa shape index (κ3) is 6.97. The van der Waals surface area contributed by atoms with Crippen LogP contribution in [0.15, 0.2) is 60.7 Å². The number of hydroxylamine groups is 1. The normalized spacial score (nSPS) is 12.1. The minimum Gasteiger partial charge on any atom is -0.354 e. The standard InChI is InChI=1S/C26H29N3O4/c1-4-8-24(32-3)33-29-23(30)16-15-19-11-13-20(14-12-19)17-22-27-18(2)25(28-22)26(31)21-9-6-5-7-10-21/h5-7,9-16,24H,4,8,17H2,1-3H3,(H,27,28)(H,29,30)/b16-15+. The molecule has 1 heterocycles. The SMILES string of the molecule is CCCC(OC)ONC(=O)/C=C/c1ccc(Cc2nc(C(=O)c3ccccc3)c(C)[nH]2)cc1. The first-order valence-electron chi connectivity index (χ1n) is 10.9. The minimum absolute atomic E-state index is 0.0927. The molecule has 2 N–H and O–H groups in total. The second-order valence-corrected chi connectivity index (χ2v) is 7.64. The zero-order valence-corrected chi connectivity index (χ0v) is 19.1. The summed E-state index contributed by atoms with van der Waals surface area (Å²) in [5.74, 6) is 0.273. The molecule has 0 fully saturated rings. The van der Waals surface area contributed by atoms with E-state index >= 15 is 0 Å². The average molecular weight is 448 g/mol. The molecular formula is C26H29N3O4. The van der Waals surface area contributed by atoms with E-state index < -0.39 is 6.29 Å². The Hall–Kier alpha value is -3.55. The zero-order chi connectivity index (χ0) is 23.6. The molecule has 33 heavy (non-hydrogen) atoms. The smallest absolute Gasteiger partial charge is 0.267 e. The van der Waals surface area contributed by atoms with E-state index in [4.69, 9.17) is 9.57 Å². The van der Waals surface area contributed by atoms with Crippen LogP contribution in [0.1, 0.15) is 58.5 Å². The van der Waals surface area contributed by atoms with E-state index in [0.717, 1.165) is 29.1 Å². The van der Waals surface area contributed by atoms with Crippen LogP contribution in [0.2, 0.25) is 0 Å². The quantitative estimate of drug-likeness (QED) is 0.197. The predicted molar refractivity (Wildman–Crippen MR) is 126 cm³/mol. The Morgan fingerprint density at radius 2 is 1.85 bits per heavy atom. The van der Waals surface area contributed by atoms with Crippen molar-refractivity contribution in [1.82, 2.24) is 15.4 Å². The van der Waals surface area contributed by atoms with Gasteiger partial charge in [0.25, 0.3) is 5.91 Å². The van der Waals surface area contributed by atoms with Crippen LogP contribution in [0.25, 0.3) is 6.08 Å². The lowest BCUT2D eigenvalue weighted by atomic mass is 10.1. The van der Waals surface area contributed by atoms with Gasteiger partial charge >= 0.3 is 0 Å². The van der Waals surface area contributed by atoms with Gasteiger partial charge in [0.05, 0.1) is 0 Å². The lowest BCUT2D eigenvalue weighted by Crippen LogP contribution is -2.29. The molecule has 0 radical (unpaired) electrons. The van der Waals surface area contributed by atoms with E-state index in [2.05, 4.69) is 15.4 Å². The maximum Gasteiger partial charge on any atom is 0.267 e. The highest BCUT2D eigenvalue weighted by atomic mass is 16.8. The topological polar surface area (TPSA) is 93.3 Å². The minimum atomic E-state index is -0.458. The second-order valence-electron chi connectivity index (χ2n) is 7.64. The van der Waals surface area contributed by atoms with Crippen molar-refractivity contribution in [2.45, 2.75) is 39.4 Å². The molecule has 0 saturated carbocycles. The fourth-order valence-electron chi connectivity index (χ4n) is 3.28. The number of amides is 1. The van der Waals surface area contributed by atoms with Crippen molar-refractivity contribution in [3.63, 3.8) is 0 Å². The maximum absolute atomic E-state index is 12.7. The number of H-pyrrole nitrogens is 1. The largest absolute Gasteiger partial charge is 0.354 e. The van der Waals surface area contributed by atoms with Crippen LogP contribution in [0, 0.1) is 6.92 Å². The molecular weight excluding hydrogens is 418 g/mol. The van der Waals surface area contributed by atoms with Gasteiger partial charge in [-0.25, -0.2) is 15.3 Å². The van der Waals surface area contributed by atoms with Crippen molar-refractivity contribution in [2.24, 2.45) is 0 Å². The molecule has 0 aliphatic heterocycles. The monoisotopic (exact) mass is 447 g/mol. The lowest BCUT2D eigenvalue weighted by Gasteiger charge is -2.14. The molecule has 3 rings (SSSR count). The van der Waals surface area contributed by atoms with Gasteiger partial charge in [-0.2, -0.15) is 0 Å². The van der Waals surface area contributed by atoms with Gasteiger partial charge in [-0.15, -0.1) is 0 Å². The summed E-state index contributed by atoms with van der Waals surface area (Å²) in [5.41, 5.74) is 6.10. The van der Waals surface area contributed by atoms with E-state index in [0.29, 0.717) is 24.1 Å². The molecule has 0 bridgehead atoms. The van der Waals surface area contributed by atoms with Gasteiger partial charge in [0.1, 0.15) is 11.5 Å². The molecule has 172 valence electrons. The van der Waals surface area contributed by atoms with Crippen molar-refractivity contribution in [3.8, 4) is 0 Å². The van der Waals surface area contributed by atoms with Crippen molar-refractivity contribution >= 4 is 17.8 Å². The van der Waals surface area contributed by atoms with E-state index in [1.54, 1.807) is 18.2 Å². The second kappa shape index (κ2) is 11.9. The van der Waals surface area contributed by atoms with Crippen LogP contribution in [0.5, 0.6) is 0 Å². The molecule has 3 aromatic rings. The molecule has 1 atom stereocenters. The molecule has 1 unspecified atom stereocenters. The molecule has 1 aromatic heterocycles. The number of hydrogen-bond donors (Lipinski definition) is 2. The Bertz CT molecular complexity index is 1090. The number of carbonyl (C=O) groups excluding carboxylic acids is 2. The Kier molecular flexibility index (Phi) is 8.69. The van der Waals surface area contributed by atoms with Crippen molar-refractivity contribution < 1.29 is 19.2 Å². The van der Waals surface area contributed by atoms with Crippen LogP contribution < -0.4 is 5.48 Å². The number of imidazole rings is 1. The van der Waals surface area contributed by atoms with Crippen LogP contribution in [-0.4, -0.2) is 35.1 Å². The van der Waals surface area contributed by atoms with E-state index in [1.807, 2.05) is 56.3 Å². The summed E-state index contributed by atoms with van der Waals surface area (Å²) in [4.78, 5) is 37.6. The van der Waals surface area contributed by atoms with E-state index in [1.165, 1.54) is 13.2 Å². The zero-order valence-electron chi connectivity index (χ0n) is 19.1. The predicted octanol–water partition coefficient (Wildman–Crippen LogP) is 4.37. The van der Waals surface area contributed by atoms with Crippen molar-refractivity contribution in [2.75, 3.05) is 7.11 Å². The number of aryl methyl sites for hydroxylation is 1. The molecule has 1 amide bonds. The maximum atomic E-state index is 12.7. The van der Waals surface area contributed by atoms with Crippen LogP contribution in [0.3, 0.4) is 0 Å². The van der Waals surface area contributed by atoms with Crippen LogP contribution in [-0.2, 0) is 20.8 Å². The first-order valence-corrected chi connectivity index (χ1v) is 10.9. The van der Waals surface area contributed by atoms with Gasteiger partial charge in [0, 0.05) is 37.3 Å². The summed E-state index contributed by atoms with van der Waals surface area (Å²) in [6.45, 7) is 3.86. The van der Waals surface area contributed by atoms with Gasteiger partial charge < -0.3 is 9.72 Å². The number of aromatic amines is 1. The number of ketones is 1. The van der Waals surface area contributed by atoms with Gasteiger partial charge in [-0.3, -0.25) is 9.59 Å². The number of nitrogens with zero attached hydrogens (tertiary/aromatic N) is 1. The highest BCUT2D eigenvalue weighted by Crippen LogP contribution is 2.15. The fourth-order valence-corrected chi connectivity index (χ4v) is 3.28. The average Bonchev–Trinajstić information content (AvgIpc) is 3.21. The molecule has 2 aromatic carbocycles. The number of methoxy groups -OCH3 is 1. The number of hydrogen-bond acceptors (Lipinski definition) is 5. The third-order valence-electron chi connectivity index (χ3n) is 5.04. The summed E-state index contributed by atoms with van der Waals surface area (Å²) < 4.78 is 5.12. The van der Waals surface area contributed by atoms with E-state index in [-0.39, 0.29) is 11.7 Å². The number of carbonyl (C=O) groups is 2. The number of benzene rings is 2. The highest BCUT2D eigenvalue weighted by molar-refractivity contribution is 6.08. The summed E-state index contributed by atoms with van der Waals surface area (Å²) in [6.07, 6.45) is 4.80. The first-order chi connectivity index (χ1) is 16.0. The molecule has 0 spiro atoms. The van der Waals surface area contributed by atoms with Crippen LogP contribution >= 0.6 is 0 Å². The molecule has 0 aliphatic rings. The van der Waals surface area contributed by atoms with Crippen molar-refractivity contribution in [1.29, 1.82) is 0 Å². The highest BCUT2D eigenvalue weighted by Gasteiger charge is 2.16. The molecule has 0 saturated heterocycles. The molecule has 7 nitrogen and oxygen atoms in total. The Morgan fingerprint density at radius 3 is 2.52 bits per heavy atom. The van der Waals surface area contributed by atoms with Crippen molar-refractivity contribution in [3.05, 3.63) is 94.6 Å². The number of ether oxygens (including phenoxy) is 1. The number of rotatable bonds is 11. The lowest BCUT2D eigenvalue weighted by molar-refractivity contribution is -0.176. The van der Waals surface area contributed by atoms with Crippen LogP contribution in [0.4, 0.5) is 0 Å². The van der Waals surface area contributed by atoms with Gasteiger partial charge in [0.15, 0.2) is 6.29 Å². The van der Waals surface area contributed by atoms with Gasteiger partial charge in [-0.1, -0.05) is 67.9 Å². The number of nitrogens with one attached hydrogen (secondary N) is 2. The summed E-state index contributed by atoms with van der Waals surface area (Å²) in [5, 5.41) is 0. The van der Waals surface area contributed by atoms with E-state index in [9.17, 15) is 9.59 Å². The summed E-state index contributed by atoms with van der Waals surface area (Å²) in [7, 11) is 1.54. The fraction of sp³-hybridized carbons (Fsp3) is 0.269.